The molecule has 0 spiro atoms. The zero-order chi connectivity index (χ0) is 10.7. The first kappa shape index (κ1) is 11.0. The number of hydrogen-bond donors (Lipinski definition) is 1. The van der Waals surface area contributed by atoms with E-state index < -0.39 is 0 Å². The molecule has 3 heteroatoms. The molecule has 2 atom stereocenters. The second-order valence-corrected chi connectivity index (χ2v) is 5.56. The number of halogens is 1. The molecule has 1 nitrogen and oxygen atoms in total. The molecule has 0 aliphatic carbocycles. The molecule has 2 rings (SSSR count). The standard InChI is InChI=1S/C12H16FNS/c1-9-6-12(8-15-9)14-7-10-2-4-11(13)5-3-10/h2-5,9,12,14H,6-8H2,1H3. The lowest BCUT2D eigenvalue weighted by Gasteiger charge is -2.11. The van der Waals surface area contributed by atoms with Crippen molar-refractivity contribution >= 4 is 11.8 Å². The van der Waals surface area contributed by atoms with Crippen molar-refractivity contribution in [1.29, 1.82) is 0 Å². The van der Waals surface area contributed by atoms with E-state index >= 15 is 0 Å². The van der Waals surface area contributed by atoms with Gasteiger partial charge in [-0.2, -0.15) is 11.8 Å². The lowest BCUT2D eigenvalue weighted by molar-refractivity contribution is 0.538. The third-order valence-corrected chi connectivity index (χ3v) is 4.06. The van der Waals surface area contributed by atoms with E-state index in [1.807, 2.05) is 23.9 Å². The lowest BCUT2D eigenvalue weighted by Crippen LogP contribution is -2.28. The third-order valence-electron chi connectivity index (χ3n) is 2.71. The van der Waals surface area contributed by atoms with Crippen LogP contribution in [-0.4, -0.2) is 17.0 Å². The normalized spacial score (nSPS) is 25.7. The number of rotatable bonds is 3. The van der Waals surface area contributed by atoms with Crippen molar-refractivity contribution in [2.45, 2.75) is 31.2 Å². The van der Waals surface area contributed by atoms with Crippen LogP contribution < -0.4 is 5.32 Å². The fraction of sp³-hybridized carbons (Fsp3) is 0.500. The molecule has 1 heterocycles. The summed E-state index contributed by atoms with van der Waals surface area (Å²) in [6, 6.07) is 7.34. The molecule has 1 aliphatic rings. The molecule has 82 valence electrons. The minimum atomic E-state index is -0.163. The fourth-order valence-electron chi connectivity index (χ4n) is 1.82. The van der Waals surface area contributed by atoms with Crippen molar-refractivity contribution in [3.05, 3.63) is 35.6 Å². The third kappa shape index (κ3) is 3.21. The zero-order valence-corrected chi connectivity index (χ0v) is 9.69. The Kier molecular flexibility index (Phi) is 3.65. The summed E-state index contributed by atoms with van der Waals surface area (Å²) in [5.74, 6) is 1.03. The van der Waals surface area contributed by atoms with Crippen molar-refractivity contribution < 1.29 is 4.39 Å². The summed E-state index contributed by atoms with van der Waals surface area (Å²) in [6.45, 7) is 3.11. The Hall–Kier alpha value is -0.540. The molecule has 1 N–H and O–H groups in total. The van der Waals surface area contributed by atoms with Crippen LogP contribution in [0.3, 0.4) is 0 Å². The van der Waals surface area contributed by atoms with Gasteiger partial charge in [-0.1, -0.05) is 19.1 Å². The molecular formula is C12H16FNS. The van der Waals surface area contributed by atoms with Gasteiger partial charge in [-0.15, -0.1) is 0 Å². The largest absolute Gasteiger partial charge is 0.309 e. The van der Waals surface area contributed by atoms with Gasteiger partial charge in [-0.3, -0.25) is 0 Å². The van der Waals surface area contributed by atoms with Crippen molar-refractivity contribution in [3.8, 4) is 0 Å². The topological polar surface area (TPSA) is 12.0 Å². The molecule has 1 aromatic carbocycles. The lowest BCUT2D eigenvalue weighted by atomic mass is 10.1. The van der Waals surface area contributed by atoms with E-state index in [-0.39, 0.29) is 5.82 Å². The summed E-state index contributed by atoms with van der Waals surface area (Å²) < 4.78 is 12.7. The highest BCUT2D eigenvalue weighted by Gasteiger charge is 2.20. The molecule has 0 saturated carbocycles. The summed E-state index contributed by atoms with van der Waals surface area (Å²) in [4.78, 5) is 0. The smallest absolute Gasteiger partial charge is 0.123 e. The van der Waals surface area contributed by atoms with Crippen molar-refractivity contribution in [1.82, 2.24) is 5.32 Å². The second kappa shape index (κ2) is 4.99. The average Bonchev–Trinajstić information content (AvgIpc) is 2.64. The molecule has 1 fully saturated rings. The van der Waals surface area contributed by atoms with E-state index in [2.05, 4.69) is 12.2 Å². The van der Waals surface area contributed by atoms with E-state index in [9.17, 15) is 4.39 Å². The first-order chi connectivity index (χ1) is 7.24. The first-order valence-corrected chi connectivity index (χ1v) is 6.38. The van der Waals surface area contributed by atoms with Gasteiger partial charge in [0.2, 0.25) is 0 Å². The molecular weight excluding hydrogens is 209 g/mol. The summed E-state index contributed by atoms with van der Waals surface area (Å²) in [6.07, 6.45) is 1.24. The Bertz CT molecular complexity index is 312. The van der Waals surface area contributed by atoms with Crippen LogP contribution in [0.1, 0.15) is 18.9 Å². The van der Waals surface area contributed by atoms with Crippen LogP contribution >= 0.6 is 11.8 Å². The zero-order valence-electron chi connectivity index (χ0n) is 8.87. The van der Waals surface area contributed by atoms with Crippen molar-refractivity contribution in [3.63, 3.8) is 0 Å². The number of hydrogen-bond acceptors (Lipinski definition) is 2. The van der Waals surface area contributed by atoms with Gasteiger partial charge in [0.15, 0.2) is 0 Å². The van der Waals surface area contributed by atoms with Crippen molar-refractivity contribution in [2.75, 3.05) is 5.75 Å². The van der Waals surface area contributed by atoms with Gasteiger partial charge in [0, 0.05) is 23.6 Å². The predicted octanol–water partition coefficient (Wildman–Crippen LogP) is 2.81. The predicted molar refractivity (Wildman–Crippen MR) is 63.6 cm³/mol. The highest BCUT2D eigenvalue weighted by molar-refractivity contribution is 8.00. The van der Waals surface area contributed by atoms with Crippen LogP contribution in [0.4, 0.5) is 4.39 Å². The van der Waals surface area contributed by atoms with Crippen LogP contribution in [-0.2, 0) is 6.54 Å². The van der Waals surface area contributed by atoms with Gasteiger partial charge in [0.1, 0.15) is 5.82 Å². The van der Waals surface area contributed by atoms with Gasteiger partial charge in [0.25, 0.3) is 0 Å². The Morgan fingerprint density at radius 1 is 1.40 bits per heavy atom. The molecule has 1 aliphatic heterocycles. The maximum atomic E-state index is 12.7. The van der Waals surface area contributed by atoms with E-state index in [1.165, 1.54) is 24.3 Å². The summed E-state index contributed by atoms with van der Waals surface area (Å²) in [5, 5.41) is 4.28. The highest BCUT2D eigenvalue weighted by atomic mass is 32.2. The summed E-state index contributed by atoms with van der Waals surface area (Å²) in [7, 11) is 0. The Morgan fingerprint density at radius 3 is 2.73 bits per heavy atom. The number of benzene rings is 1. The van der Waals surface area contributed by atoms with E-state index in [0.717, 1.165) is 17.4 Å². The fourth-order valence-corrected chi connectivity index (χ4v) is 3.01. The first-order valence-electron chi connectivity index (χ1n) is 5.33. The van der Waals surface area contributed by atoms with E-state index in [1.54, 1.807) is 0 Å². The molecule has 0 radical (unpaired) electrons. The van der Waals surface area contributed by atoms with Crippen LogP contribution in [0, 0.1) is 5.82 Å². The average molecular weight is 225 g/mol. The summed E-state index contributed by atoms with van der Waals surface area (Å²) in [5.41, 5.74) is 1.15. The maximum Gasteiger partial charge on any atom is 0.123 e. The maximum absolute atomic E-state index is 12.7. The van der Waals surface area contributed by atoms with Crippen molar-refractivity contribution in [2.24, 2.45) is 0 Å². The molecule has 2 unspecified atom stereocenters. The number of thioether (sulfide) groups is 1. The van der Waals surface area contributed by atoms with Gasteiger partial charge in [-0.25, -0.2) is 4.39 Å². The number of nitrogens with one attached hydrogen (secondary N) is 1. The van der Waals surface area contributed by atoms with Gasteiger partial charge in [-0.05, 0) is 24.1 Å². The molecule has 0 aromatic heterocycles. The molecule has 0 amide bonds. The molecule has 1 aromatic rings. The van der Waals surface area contributed by atoms with Crippen LogP contribution in [0.15, 0.2) is 24.3 Å². The highest BCUT2D eigenvalue weighted by Crippen LogP contribution is 2.25. The minimum absolute atomic E-state index is 0.163. The van der Waals surface area contributed by atoms with E-state index in [0.29, 0.717) is 6.04 Å². The SMILES string of the molecule is CC1CC(NCc2ccc(F)cc2)CS1. The van der Waals surface area contributed by atoms with E-state index in [4.69, 9.17) is 0 Å². The van der Waals surface area contributed by atoms with Gasteiger partial charge in [0.05, 0.1) is 0 Å². The molecule has 0 bridgehead atoms. The Balaban J connectivity index is 1.80. The Labute approximate surface area is 94.5 Å². The molecule has 1 saturated heterocycles. The minimum Gasteiger partial charge on any atom is -0.309 e. The second-order valence-electron chi connectivity index (χ2n) is 4.08. The quantitative estimate of drug-likeness (QED) is 0.849. The van der Waals surface area contributed by atoms with Crippen LogP contribution in [0.25, 0.3) is 0 Å². The molecule has 15 heavy (non-hydrogen) atoms. The monoisotopic (exact) mass is 225 g/mol. The van der Waals surface area contributed by atoms with Gasteiger partial charge < -0.3 is 5.32 Å². The summed E-state index contributed by atoms with van der Waals surface area (Å²) >= 11 is 2.02. The Morgan fingerprint density at radius 2 is 2.13 bits per heavy atom. The van der Waals surface area contributed by atoms with Crippen LogP contribution in [0.5, 0.6) is 0 Å². The van der Waals surface area contributed by atoms with Crippen LogP contribution in [0.2, 0.25) is 0 Å². The van der Waals surface area contributed by atoms with Gasteiger partial charge >= 0.3 is 0 Å².